The fraction of sp³-hybridized carbons (Fsp3) is 0.458. The number of benzene rings is 2. The van der Waals surface area contributed by atoms with Crippen LogP contribution in [-0.4, -0.2) is 59.8 Å². The van der Waals surface area contributed by atoms with Crippen LogP contribution in [0.25, 0.3) is 0 Å². The lowest BCUT2D eigenvalue weighted by Crippen LogP contribution is -2.41. The summed E-state index contributed by atoms with van der Waals surface area (Å²) in [5.41, 5.74) is 1.57. The predicted octanol–water partition coefficient (Wildman–Crippen LogP) is 3.35. The van der Waals surface area contributed by atoms with Gasteiger partial charge in [0.05, 0.1) is 47.0 Å². The molecule has 1 heterocycles. The Morgan fingerprint density at radius 3 is 2.24 bits per heavy atom. The minimum atomic E-state index is -4.08. The Balaban J connectivity index is 2.16. The molecule has 0 amide bonds. The van der Waals surface area contributed by atoms with Crippen LogP contribution in [0, 0.1) is 0 Å². The Morgan fingerprint density at radius 1 is 0.971 bits per heavy atom. The smallest absolute Gasteiger partial charge is 0.307 e. The van der Waals surface area contributed by atoms with E-state index in [1.807, 2.05) is 19.9 Å². The van der Waals surface area contributed by atoms with E-state index in [0.29, 0.717) is 42.4 Å². The molecule has 0 bridgehead atoms. The zero-order chi connectivity index (χ0) is 24.9. The van der Waals surface area contributed by atoms with E-state index in [0.717, 1.165) is 5.56 Å². The third-order valence-electron chi connectivity index (χ3n) is 5.66. The van der Waals surface area contributed by atoms with Gasteiger partial charge in [0.1, 0.15) is 16.4 Å². The van der Waals surface area contributed by atoms with Crippen LogP contribution in [0.2, 0.25) is 0 Å². The van der Waals surface area contributed by atoms with Crippen molar-refractivity contribution in [3.05, 3.63) is 41.5 Å². The van der Waals surface area contributed by atoms with Crippen molar-refractivity contribution in [2.45, 2.75) is 37.6 Å². The molecule has 186 valence electrons. The van der Waals surface area contributed by atoms with Crippen LogP contribution >= 0.6 is 0 Å². The third kappa shape index (κ3) is 5.07. The molecule has 0 fully saturated rings. The van der Waals surface area contributed by atoms with E-state index in [-0.39, 0.29) is 23.6 Å². The molecule has 3 rings (SSSR count). The molecular weight excluding hydrogens is 462 g/mol. The Labute approximate surface area is 200 Å². The van der Waals surface area contributed by atoms with E-state index in [1.165, 1.54) is 31.7 Å². The lowest BCUT2D eigenvalue weighted by molar-refractivity contribution is -0.141. The predicted molar refractivity (Wildman–Crippen MR) is 125 cm³/mol. The van der Waals surface area contributed by atoms with Gasteiger partial charge in [-0.2, -0.15) is 4.31 Å². The fourth-order valence-electron chi connectivity index (χ4n) is 4.08. The van der Waals surface area contributed by atoms with E-state index in [2.05, 4.69) is 0 Å². The van der Waals surface area contributed by atoms with Gasteiger partial charge in [-0.25, -0.2) is 8.42 Å². The van der Waals surface area contributed by atoms with E-state index in [1.54, 1.807) is 18.2 Å². The quantitative estimate of drug-likeness (QED) is 0.465. The summed E-state index contributed by atoms with van der Waals surface area (Å²) in [5.74, 6) is 1.12. The number of esters is 1. The van der Waals surface area contributed by atoms with Crippen molar-refractivity contribution in [1.82, 2.24) is 4.31 Å². The summed E-state index contributed by atoms with van der Waals surface area (Å²) in [5, 5.41) is 0. The van der Waals surface area contributed by atoms with E-state index < -0.39 is 22.0 Å². The first-order valence-electron chi connectivity index (χ1n) is 11.0. The van der Waals surface area contributed by atoms with Crippen molar-refractivity contribution >= 4 is 16.0 Å². The van der Waals surface area contributed by atoms with Gasteiger partial charge < -0.3 is 23.7 Å². The van der Waals surface area contributed by atoms with Crippen molar-refractivity contribution in [2.24, 2.45) is 0 Å². The summed E-state index contributed by atoms with van der Waals surface area (Å²) in [6, 6.07) is 7.42. The fourth-order valence-corrected chi connectivity index (χ4v) is 5.85. The first kappa shape index (κ1) is 25.6. The number of rotatable bonds is 10. The SMILES string of the molecule is CCOc1cc2c(cc1OCC)[C@@H](CC(=O)OC)N(S(=O)(=O)c1cc(OC)ccc1OC)CC2. The number of hydrogen-bond donors (Lipinski definition) is 0. The molecule has 0 spiro atoms. The molecule has 0 saturated heterocycles. The van der Waals surface area contributed by atoms with Crippen molar-refractivity contribution < 1.29 is 36.9 Å². The van der Waals surface area contributed by atoms with Crippen LogP contribution in [0.4, 0.5) is 0 Å². The van der Waals surface area contributed by atoms with Crippen LogP contribution in [-0.2, 0) is 26.0 Å². The van der Waals surface area contributed by atoms with Gasteiger partial charge in [0, 0.05) is 12.6 Å². The summed E-state index contributed by atoms with van der Waals surface area (Å²) in [6.07, 6.45) is 0.277. The summed E-state index contributed by atoms with van der Waals surface area (Å²) >= 11 is 0. The monoisotopic (exact) mass is 493 g/mol. The summed E-state index contributed by atoms with van der Waals surface area (Å²) < 4.78 is 56.1. The number of methoxy groups -OCH3 is 3. The zero-order valence-corrected chi connectivity index (χ0v) is 20.9. The molecule has 10 heteroatoms. The maximum atomic E-state index is 13.9. The lowest BCUT2D eigenvalue weighted by Gasteiger charge is -2.36. The molecule has 34 heavy (non-hydrogen) atoms. The molecule has 0 aliphatic carbocycles. The second-order valence-corrected chi connectivity index (χ2v) is 9.40. The van der Waals surface area contributed by atoms with Gasteiger partial charge in [-0.05, 0) is 55.7 Å². The molecule has 2 aromatic carbocycles. The highest BCUT2D eigenvalue weighted by Crippen LogP contribution is 2.43. The van der Waals surface area contributed by atoms with Crippen molar-refractivity contribution in [2.75, 3.05) is 41.1 Å². The number of fused-ring (bicyclic) bond motifs is 1. The number of carbonyl (C=O) groups is 1. The number of carbonyl (C=O) groups excluding carboxylic acids is 1. The van der Waals surface area contributed by atoms with Crippen LogP contribution < -0.4 is 18.9 Å². The van der Waals surface area contributed by atoms with Crippen LogP contribution in [0.1, 0.15) is 37.4 Å². The van der Waals surface area contributed by atoms with E-state index in [4.69, 9.17) is 23.7 Å². The van der Waals surface area contributed by atoms with E-state index >= 15 is 0 Å². The van der Waals surface area contributed by atoms with Crippen molar-refractivity contribution in [3.8, 4) is 23.0 Å². The highest BCUT2D eigenvalue weighted by molar-refractivity contribution is 7.89. The van der Waals surface area contributed by atoms with Crippen LogP contribution in [0.5, 0.6) is 23.0 Å². The van der Waals surface area contributed by atoms with E-state index in [9.17, 15) is 13.2 Å². The topological polar surface area (TPSA) is 101 Å². The van der Waals surface area contributed by atoms with Crippen molar-refractivity contribution in [1.29, 1.82) is 0 Å². The number of nitrogens with zero attached hydrogens (tertiary/aromatic N) is 1. The van der Waals surface area contributed by atoms with Gasteiger partial charge in [0.25, 0.3) is 0 Å². The molecule has 1 aliphatic rings. The summed E-state index contributed by atoms with van der Waals surface area (Å²) in [4.78, 5) is 12.3. The lowest BCUT2D eigenvalue weighted by atomic mass is 9.91. The minimum absolute atomic E-state index is 0.0383. The number of hydrogen-bond acceptors (Lipinski definition) is 8. The van der Waals surface area contributed by atoms with Gasteiger partial charge in [-0.15, -0.1) is 0 Å². The highest BCUT2D eigenvalue weighted by Gasteiger charge is 2.40. The summed E-state index contributed by atoms with van der Waals surface area (Å²) in [7, 11) is 0.0611. The average molecular weight is 494 g/mol. The Hall–Kier alpha value is -2.98. The first-order chi connectivity index (χ1) is 16.3. The molecule has 0 aromatic heterocycles. The maximum absolute atomic E-state index is 13.9. The second kappa shape index (κ2) is 11.0. The highest BCUT2D eigenvalue weighted by atomic mass is 32.2. The molecular formula is C24H31NO8S. The van der Waals surface area contributed by atoms with Gasteiger partial charge in [-0.3, -0.25) is 4.79 Å². The first-order valence-corrected chi connectivity index (χ1v) is 12.5. The second-order valence-electron chi connectivity index (χ2n) is 7.54. The Bertz CT molecular complexity index is 1130. The Kier molecular flexibility index (Phi) is 8.27. The normalized spacial score (nSPS) is 15.9. The van der Waals surface area contributed by atoms with Crippen LogP contribution in [0.15, 0.2) is 35.2 Å². The number of ether oxygens (including phenoxy) is 5. The van der Waals surface area contributed by atoms with Crippen LogP contribution in [0.3, 0.4) is 0 Å². The van der Waals surface area contributed by atoms with Gasteiger partial charge in [0.2, 0.25) is 10.0 Å². The molecule has 0 N–H and O–H groups in total. The molecule has 1 aliphatic heterocycles. The molecule has 0 unspecified atom stereocenters. The maximum Gasteiger partial charge on any atom is 0.307 e. The number of sulfonamides is 1. The molecule has 1 atom stereocenters. The molecule has 0 saturated carbocycles. The van der Waals surface area contributed by atoms with Gasteiger partial charge in [0.15, 0.2) is 11.5 Å². The largest absolute Gasteiger partial charge is 0.497 e. The molecule has 9 nitrogen and oxygen atoms in total. The van der Waals surface area contributed by atoms with Crippen molar-refractivity contribution in [3.63, 3.8) is 0 Å². The van der Waals surface area contributed by atoms with Gasteiger partial charge in [-0.1, -0.05) is 0 Å². The molecule has 0 radical (unpaired) electrons. The average Bonchev–Trinajstić information content (AvgIpc) is 2.84. The Morgan fingerprint density at radius 2 is 1.65 bits per heavy atom. The minimum Gasteiger partial charge on any atom is -0.497 e. The zero-order valence-electron chi connectivity index (χ0n) is 20.1. The third-order valence-corrected chi connectivity index (χ3v) is 7.59. The van der Waals surface area contributed by atoms with Gasteiger partial charge >= 0.3 is 5.97 Å². The standard InChI is InChI=1S/C24H31NO8S/c1-6-32-21-12-16-10-11-25(19(15-24(26)31-5)18(16)14-22(21)33-7-2)34(27,28)23-13-17(29-3)8-9-20(23)30-4/h8-9,12-14,19H,6-7,10-11,15H2,1-5H3/t19-/m1/s1. The molecule has 2 aromatic rings. The summed E-state index contributed by atoms with van der Waals surface area (Å²) in [6.45, 7) is 4.76.